The van der Waals surface area contributed by atoms with Gasteiger partial charge < -0.3 is 15.2 Å². The van der Waals surface area contributed by atoms with E-state index in [1.165, 1.54) is 0 Å². The Kier molecular flexibility index (Phi) is 5.71. The topological polar surface area (TPSA) is 78.9 Å². The predicted octanol–water partition coefficient (Wildman–Crippen LogP) is 3.90. The molecule has 158 valence electrons. The van der Waals surface area contributed by atoms with Crippen LogP contribution in [0.4, 0.5) is 0 Å². The normalized spacial score (nSPS) is 21.1. The van der Waals surface area contributed by atoms with Crippen LogP contribution in [0.2, 0.25) is 5.02 Å². The van der Waals surface area contributed by atoms with Gasteiger partial charge in [-0.25, -0.2) is 4.79 Å². The van der Waals surface area contributed by atoms with Crippen molar-refractivity contribution in [3.05, 3.63) is 64.7 Å². The molecule has 1 saturated heterocycles. The molecule has 2 aliphatic rings. The van der Waals surface area contributed by atoms with Gasteiger partial charge >= 0.3 is 5.97 Å². The highest BCUT2D eigenvalue weighted by Gasteiger charge is 2.56. The van der Waals surface area contributed by atoms with Gasteiger partial charge in [0.1, 0.15) is 17.4 Å². The van der Waals surface area contributed by atoms with Gasteiger partial charge in [-0.05, 0) is 62.1 Å². The molecule has 2 N–H and O–H groups in total. The Balaban J connectivity index is 1.35. The first kappa shape index (κ1) is 20.7. The van der Waals surface area contributed by atoms with Gasteiger partial charge in [0, 0.05) is 18.1 Å². The third-order valence-electron chi connectivity index (χ3n) is 6.00. The molecule has 0 spiro atoms. The van der Waals surface area contributed by atoms with Crippen LogP contribution in [0.5, 0.6) is 5.75 Å². The molecule has 7 heteroatoms. The van der Waals surface area contributed by atoms with E-state index in [-0.39, 0.29) is 23.6 Å². The van der Waals surface area contributed by atoms with Crippen LogP contribution < -0.4 is 10.1 Å². The summed E-state index contributed by atoms with van der Waals surface area (Å²) in [5.41, 5.74) is 0.660. The van der Waals surface area contributed by atoms with E-state index in [9.17, 15) is 9.59 Å². The van der Waals surface area contributed by atoms with Gasteiger partial charge in [-0.15, -0.1) is 0 Å². The first-order chi connectivity index (χ1) is 14.4. The maximum absolute atomic E-state index is 13.1. The van der Waals surface area contributed by atoms with Gasteiger partial charge in [0.25, 0.3) is 0 Å². The van der Waals surface area contributed by atoms with Crippen LogP contribution in [0.15, 0.2) is 48.5 Å². The van der Waals surface area contributed by atoms with E-state index in [2.05, 4.69) is 10.2 Å². The molecule has 1 heterocycles. The molecule has 2 fully saturated rings. The van der Waals surface area contributed by atoms with Crippen molar-refractivity contribution in [2.45, 2.75) is 43.9 Å². The maximum atomic E-state index is 13.1. The van der Waals surface area contributed by atoms with Crippen molar-refractivity contribution in [2.75, 3.05) is 13.1 Å². The van der Waals surface area contributed by atoms with E-state index in [1.54, 1.807) is 30.3 Å². The first-order valence-electron chi connectivity index (χ1n) is 10.2. The molecule has 0 radical (unpaired) electrons. The standard InChI is InChI=1S/C23H25ClN2O4/c1-15(16-5-7-17(8-6-16)21(27)28)25-22(29)23(10-11-23)26-12-9-20(14-26)30-19-4-2-3-18(24)13-19/h2-8,13,15,20H,9-12,14H2,1H3,(H,25,29)(H,27,28)/t15?,20-/m1/s1. The van der Waals surface area contributed by atoms with Crippen molar-refractivity contribution in [3.63, 3.8) is 0 Å². The van der Waals surface area contributed by atoms with Crippen LogP contribution in [0.25, 0.3) is 0 Å². The quantitative estimate of drug-likeness (QED) is 0.699. The third-order valence-corrected chi connectivity index (χ3v) is 6.24. The molecule has 1 unspecified atom stereocenters. The number of benzene rings is 2. The summed E-state index contributed by atoms with van der Waals surface area (Å²) in [5, 5.41) is 12.8. The summed E-state index contributed by atoms with van der Waals surface area (Å²) >= 11 is 6.03. The minimum absolute atomic E-state index is 0.0284. The van der Waals surface area contributed by atoms with Crippen LogP contribution in [-0.4, -0.2) is 46.6 Å². The fourth-order valence-electron chi connectivity index (χ4n) is 4.08. The Morgan fingerprint density at radius 3 is 2.60 bits per heavy atom. The first-order valence-corrected chi connectivity index (χ1v) is 10.6. The number of carbonyl (C=O) groups excluding carboxylic acids is 1. The lowest BCUT2D eigenvalue weighted by Crippen LogP contribution is -2.49. The minimum Gasteiger partial charge on any atom is -0.489 e. The number of aromatic carboxylic acids is 1. The zero-order valence-corrected chi connectivity index (χ0v) is 17.6. The van der Waals surface area contributed by atoms with Gasteiger partial charge in [-0.2, -0.15) is 0 Å². The monoisotopic (exact) mass is 428 g/mol. The highest BCUT2D eigenvalue weighted by molar-refractivity contribution is 6.30. The second kappa shape index (κ2) is 8.28. The zero-order chi connectivity index (χ0) is 21.3. The molecule has 1 aliphatic heterocycles. The van der Waals surface area contributed by atoms with Crippen molar-refractivity contribution in [1.29, 1.82) is 0 Å². The molecule has 0 bridgehead atoms. The summed E-state index contributed by atoms with van der Waals surface area (Å²) in [6.45, 7) is 3.45. The number of ether oxygens (including phenoxy) is 1. The second-order valence-corrected chi connectivity index (χ2v) is 8.52. The Bertz CT molecular complexity index is 942. The lowest BCUT2D eigenvalue weighted by molar-refractivity contribution is -0.128. The maximum Gasteiger partial charge on any atom is 0.335 e. The van der Waals surface area contributed by atoms with Crippen molar-refractivity contribution < 1.29 is 19.4 Å². The van der Waals surface area contributed by atoms with E-state index < -0.39 is 11.5 Å². The number of carboxylic acids is 1. The molecule has 1 saturated carbocycles. The molecule has 2 aromatic carbocycles. The molecular formula is C23H25ClN2O4. The van der Waals surface area contributed by atoms with Crippen LogP contribution in [-0.2, 0) is 4.79 Å². The fraction of sp³-hybridized carbons (Fsp3) is 0.391. The number of hydrogen-bond donors (Lipinski definition) is 2. The smallest absolute Gasteiger partial charge is 0.335 e. The van der Waals surface area contributed by atoms with E-state index in [0.717, 1.165) is 37.1 Å². The Morgan fingerprint density at radius 1 is 1.23 bits per heavy atom. The van der Waals surface area contributed by atoms with Crippen LogP contribution >= 0.6 is 11.6 Å². The molecule has 0 aromatic heterocycles. The summed E-state index contributed by atoms with van der Waals surface area (Å²) < 4.78 is 6.06. The number of carboxylic acid groups (broad SMARTS) is 1. The lowest BCUT2D eigenvalue weighted by atomic mass is 10.1. The highest BCUT2D eigenvalue weighted by Crippen LogP contribution is 2.44. The molecular weight excluding hydrogens is 404 g/mol. The second-order valence-electron chi connectivity index (χ2n) is 8.09. The lowest BCUT2D eigenvalue weighted by Gasteiger charge is -2.28. The number of halogens is 1. The van der Waals surface area contributed by atoms with E-state index in [0.29, 0.717) is 11.6 Å². The summed E-state index contributed by atoms with van der Waals surface area (Å²) in [7, 11) is 0. The molecule has 30 heavy (non-hydrogen) atoms. The van der Waals surface area contributed by atoms with Crippen molar-refractivity contribution >= 4 is 23.5 Å². The Labute approximate surface area is 180 Å². The molecule has 2 atom stereocenters. The number of hydrogen-bond acceptors (Lipinski definition) is 4. The number of nitrogens with one attached hydrogen (secondary N) is 1. The van der Waals surface area contributed by atoms with Gasteiger partial charge in [0.15, 0.2) is 0 Å². The van der Waals surface area contributed by atoms with E-state index >= 15 is 0 Å². The average Bonchev–Trinajstić information content (AvgIpc) is 3.41. The molecule has 1 aliphatic carbocycles. The number of carbonyl (C=O) groups is 2. The number of amides is 1. The van der Waals surface area contributed by atoms with Crippen molar-refractivity contribution in [1.82, 2.24) is 10.2 Å². The average molecular weight is 429 g/mol. The summed E-state index contributed by atoms with van der Waals surface area (Å²) in [5.74, 6) is -0.179. The molecule has 4 rings (SSSR count). The summed E-state index contributed by atoms with van der Waals surface area (Å²) in [6, 6.07) is 13.8. The highest BCUT2D eigenvalue weighted by atomic mass is 35.5. The molecule has 2 aromatic rings. The van der Waals surface area contributed by atoms with Gasteiger partial charge in [-0.1, -0.05) is 29.8 Å². The van der Waals surface area contributed by atoms with Crippen molar-refractivity contribution in [3.8, 4) is 5.75 Å². The largest absolute Gasteiger partial charge is 0.489 e. The molecule has 1 amide bonds. The molecule has 6 nitrogen and oxygen atoms in total. The summed E-state index contributed by atoms with van der Waals surface area (Å²) in [4.78, 5) is 26.3. The minimum atomic E-state index is -0.959. The Morgan fingerprint density at radius 2 is 1.97 bits per heavy atom. The van der Waals surface area contributed by atoms with E-state index in [4.69, 9.17) is 21.4 Å². The van der Waals surface area contributed by atoms with E-state index in [1.807, 2.05) is 25.1 Å². The van der Waals surface area contributed by atoms with Crippen LogP contribution in [0.1, 0.15) is 48.1 Å². The number of rotatable bonds is 7. The van der Waals surface area contributed by atoms with Crippen LogP contribution in [0.3, 0.4) is 0 Å². The number of nitrogens with zero attached hydrogens (tertiary/aromatic N) is 1. The van der Waals surface area contributed by atoms with Gasteiger partial charge in [0.2, 0.25) is 5.91 Å². The SMILES string of the molecule is CC(NC(=O)C1(N2CC[C@@H](Oc3cccc(Cl)c3)C2)CC1)c1ccc(C(=O)O)cc1. The van der Waals surface area contributed by atoms with Gasteiger partial charge in [-0.3, -0.25) is 9.69 Å². The van der Waals surface area contributed by atoms with Crippen LogP contribution in [0, 0.1) is 0 Å². The summed E-state index contributed by atoms with van der Waals surface area (Å²) in [6.07, 6.45) is 2.59. The third kappa shape index (κ3) is 4.30. The Hall–Kier alpha value is -2.57. The fourth-order valence-corrected chi connectivity index (χ4v) is 4.26. The van der Waals surface area contributed by atoms with Crippen molar-refractivity contribution in [2.24, 2.45) is 0 Å². The van der Waals surface area contributed by atoms with Gasteiger partial charge in [0.05, 0.1) is 11.6 Å². The number of likely N-dealkylation sites (tertiary alicyclic amines) is 1. The zero-order valence-electron chi connectivity index (χ0n) is 16.8. The predicted molar refractivity (Wildman–Crippen MR) is 114 cm³/mol.